The number of para-hydroxylation sites is 1. The van der Waals surface area contributed by atoms with Crippen LogP contribution in [0.5, 0.6) is 0 Å². The molecule has 3 N–H and O–H groups in total. The third kappa shape index (κ3) is 2.65. The number of nitrogens with one attached hydrogen (secondary N) is 2. The van der Waals surface area contributed by atoms with Crippen molar-refractivity contribution in [3.63, 3.8) is 0 Å². The molecule has 0 atom stereocenters. The summed E-state index contributed by atoms with van der Waals surface area (Å²) in [5.41, 5.74) is 4.49. The van der Waals surface area contributed by atoms with Gasteiger partial charge in [-0.3, -0.25) is 5.10 Å². The van der Waals surface area contributed by atoms with Crippen LogP contribution >= 0.6 is 0 Å². The van der Waals surface area contributed by atoms with Gasteiger partial charge in [-0.2, -0.15) is 5.10 Å². The van der Waals surface area contributed by atoms with E-state index < -0.39 is 0 Å². The Hall–Kier alpha value is -2.33. The lowest BCUT2D eigenvalue weighted by molar-refractivity contribution is 0.299. The van der Waals surface area contributed by atoms with Gasteiger partial charge >= 0.3 is 0 Å². The first-order chi connectivity index (χ1) is 9.86. The topological polar surface area (TPSA) is 60.9 Å². The fourth-order valence-corrected chi connectivity index (χ4v) is 2.29. The van der Waals surface area contributed by atoms with E-state index in [1.807, 2.05) is 42.6 Å². The number of aromatic amines is 1. The van der Waals surface area contributed by atoms with Crippen LogP contribution < -0.4 is 5.32 Å². The molecule has 0 saturated carbocycles. The molecule has 20 heavy (non-hydrogen) atoms. The Bertz CT molecular complexity index is 688. The van der Waals surface area contributed by atoms with E-state index in [4.69, 9.17) is 5.11 Å². The van der Waals surface area contributed by atoms with Gasteiger partial charge in [-0.05, 0) is 29.7 Å². The van der Waals surface area contributed by atoms with Gasteiger partial charge < -0.3 is 10.4 Å². The second kappa shape index (κ2) is 5.75. The average Bonchev–Trinajstić information content (AvgIpc) is 2.96. The molecule has 0 bridgehead atoms. The zero-order valence-corrected chi connectivity index (χ0v) is 11.1. The Morgan fingerprint density at radius 3 is 2.75 bits per heavy atom. The number of hydrogen-bond acceptors (Lipinski definition) is 3. The van der Waals surface area contributed by atoms with Crippen LogP contribution in [0.1, 0.15) is 11.1 Å². The third-order valence-electron chi connectivity index (χ3n) is 3.40. The minimum Gasteiger partial charge on any atom is -0.396 e. The molecule has 0 amide bonds. The maximum Gasteiger partial charge on any atom is 0.0700 e. The number of H-pyrrole nitrogens is 1. The maximum atomic E-state index is 8.90. The number of anilines is 1. The lowest BCUT2D eigenvalue weighted by Crippen LogP contribution is -2.00. The first-order valence-corrected chi connectivity index (χ1v) is 6.71. The summed E-state index contributed by atoms with van der Waals surface area (Å²) >= 11 is 0. The molecular weight excluding hydrogens is 250 g/mol. The number of hydrogen-bond donors (Lipinski definition) is 3. The van der Waals surface area contributed by atoms with Gasteiger partial charge in [0.25, 0.3) is 0 Å². The summed E-state index contributed by atoms with van der Waals surface area (Å²) in [6.45, 7) is 0.938. The minimum atomic E-state index is 0.189. The Morgan fingerprint density at radius 2 is 1.95 bits per heavy atom. The van der Waals surface area contributed by atoms with Crippen LogP contribution in [-0.4, -0.2) is 21.9 Å². The van der Waals surface area contributed by atoms with Crippen LogP contribution in [-0.2, 0) is 13.0 Å². The first-order valence-electron chi connectivity index (χ1n) is 6.71. The van der Waals surface area contributed by atoms with Crippen LogP contribution in [0.3, 0.4) is 0 Å². The fourth-order valence-electron chi connectivity index (χ4n) is 2.29. The summed E-state index contributed by atoms with van der Waals surface area (Å²) in [5.74, 6) is 0. The number of nitrogens with zero attached hydrogens (tertiary/aromatic N) is 1. The largest absolute Gasteiger partial charge is 0.396 e. The molecule has 1 aromatic heterocycles. The van der Waals surface area contributed by atoms with Crippen LogP contribution in [0.2, 0.25) is 0 Å². The van der Waals surface area contributed by atoms with Gasteiger partial charge in [0.05, 0.1) is 11.7 Å². The van der Waals surface area contributed by atoms with Crippen molar-refractivity contribution in [2.24, 2.45) is 0 Å². The van der Waals surface area contributed by atoms with Crippen molar-refractivity contribution in [1.82, 2.24) is 10.2 Å². The van der Waals surface area contributed by atoms with Crippen molar-refractivity contribution in [1.29, 1.82) is 0 Å². The van der Waals surface area contributed by atoms with E-state index in [1.54, 1.807) is 0 Å². The van der Waals surface area contributed by atoms with Crippen molar-refractivity contribution in [3.05, 3.63) is 59.8 Å². The Morgan fingerprint density at radius 1 is 1.10 bits per heavy atom. The van der Waals surface area contributed by atoms with E-state index in [-0.39, 0.29) is 6.61 Å². The number of fused-ring (bicyclic) bond motifs is 1. The Labute approximate surface area is 117 Å². The van der Waals surface area contributed by atoms with Gasteiger partial charge in [-0.1, -0.05) is 30.3 Å². The van der Waals surface area contributed by atoms with Gasteiger partial charge in [0.2, 0.25) is 0 Å². The molecule has 0 aliphatic carbocycles. The first kappa shape index (κ1) is 12.7. The van der Waals surface area contributed by atoms with E-state index in [9.17, 15) is 0 Å². The molecule has 0 aliphatic rings. The molecule has 0 spiro atoms. The number of aliphatic hydroxyl groups is 1. The van der Waals surface area contributed by atoms with E-state index in [2.05, 4.69) is 21.6 Å². The molecule has 0 radical (unpaired) electrons. The quantitative estimate of drug-likeness (QED) is 0.666. The average molecular weight is 267 g/mol. The molecule has 0 unspecified atom stereocenters. The zero-order chi connectivity index (χ0) is 13.8. The Kier molecular flexibility index (Phi) is 3.65. The highest BCUT2D eigenvalue weighted by Crippen LogP contribution is 2.17. The second-order valence-electron chi connectivity index (χ2n) is 4.78. The molecule has 3 rings (SSSR count). The molecule has 4 nitrogen and oxygen atoms in total. The predicted octanol–water partition coefficient (Wildman–Crippen LogP) is 2.71. The summed E-state index contributed by atoms with van der Waals surface area (Å²) in [6, 6.07) is 14.3. The van der Waals surface area contributed by atoms with E-state index >= 15 is 0 Å². The van der Waals surface area contributed by atoms with Gasteiger partial charge in [0.1, 0.15) is 0 Å². The van der Waals surface area contributed by atoms with Gasteiger partial charge in [-0.15, -0.1) is 0 Å². The van der Waals surface area contributed by atoms with E-state index in [0.717, 1.165) is 28.7 Å². The van der Waals surface area contributed by atoms with Gasteiger partial charge in [0.15, 0.2) is 0 Å². The Balaban J connectivity index is 1.71. The lowest BCUT2D eigenvalue weighted by atomic mass is 10.1. The van der Waals surface area contributed by atoms with Crippen molar-refractivity contribution in [3.8, 4) is 0 Å². The predicted molar refractivity (Wildman–Crippen MR) is 80.7 cm³/mol. The highest BCUT2D eigenvalue weighted by Gasteiger charge is 2.02. The summed E-state index contributed by atoms with van der Waals surface area (Å²) in [7, 11) is 0. The summed E-state index contributed by atoms with van der Waals surface area (Å²) in [6.07, 6.45) is 2.54. The number of aliphatic hydroxyl groups excluding tert-OH is 1. The van der Waals surface area contributed by atoms with Gasteiger partial charge in [0, 0.05) is 24.2 Å². The highest BCUT2D eigenvalue weighted by molar-refractivity contribution is 5.81. The summed E-state index contributed by atoms with van der Waals surface area (Å²) < 4.78 is 0. The van der Waals surface area contributed by atoms with E-state index in [0.29, 0.717) is 6.42 Å². The van der Waals surface area contributed by atoms with Crippen LogP contribution in [0.4, 0.5) is 5.69 Å². The SMILES string of the molecule is OCCc1ccc(NCc2cccc3cn[nH]c23)cc1. The van der Waals surface area contributed by atoms with Crippen LogP contribution in [0, 0.1) is 0 Å². The van der Waals surface area contributed by atoms with Crippen molar-refractivity contribution < 1.29 is 5.11 Å². The normalized spacial score (nSPS) is 10.8. The fraction of sp³-hybridized carbons (Fsp3) is 0.188. The molecule has 3 aromatic rings. The molecule has 0 aliphatic heterocycles. The molecule has 0 saturated heterocycles. The smallest absolute Gasteiger partial charge is 0.0700 e. The molecule has 0 fully saturated rings. The summed E-state index contributed by atoms with van der Waals surface area (Å²) in [5, 5.41) is 20.5. The monoisotopic (exact) mass is 267 g/mol. The number of benzene rings is 2. The lowest BCUT2D eigenvalue weighted by Gasteiger charge is -2.08. The van der Waals surface area contributed by atoms with Crippen molar-refractivity contribution in [2.75, 3.05) is 11.9 Å². The van der Waals surface area contributed by atoms with Gasteiger partial charge in [-0.25, -0.2) is 0 Å². The van der Waals surface area contributed by atoms with Crippen molar-refractivity contribution >= 4 is 16.6 Å². The minimum absolute atomic E-state index is 0.189. The summed E-state index contributed by atoms with van der Waals surface area (Å²) in [4.78, 5) is 0. The van der Waals surface area contributed by atoms with Crippen LogP contribution in [0.15, 0.2) is 48.7 Å². The molecule has 2 aromatic carbocycles. The molecular formula is C16H17N3O. The van der Waals surface area contributed by atoms with E-state index in [1.165, 1.54) is 5.56 Å². The maximum absolute atomic E-state index is 8.90. The van der Waals surface area contributed by atoms with Crippen molar-refractivity contribution in [2.45, 2.75) is 13.0 Å². The standard InChI is InChI=1S/C16H17N3O/c20-9-8-12-4-6-15(7-5-12)17-10-13-2-1-3-14-11-18-19-16(13)14/h1-7,11,17,20H,8-10H2,(H,18,19). The molecule has 1 heterocycles. The number of aromatic nitrogens is 2. The second-order valence-corrected chi connectivity index (χ2v) is 4.78. The van der Waals surface area contributed by atoms with Crippen LogP contribution in [0.25, 0.3) is 10.9 Å². The highest BCUT2D eigenvalue weighted by atomic mass is 16.2. The number of rotatable bonds is 5. The molecule has 4 heteroatoms. The third-order valence-corrected chi connectivity index (χ3v) is 3.40. The molecule has 102 valence electrons. The zero-order valence-electron chi connectivity index (χ0n) is 11.1.